The maximum atomic E-state index is 11.1. The number of Topliss-reactive ketones (excluding diaryl/α,β-unsaturated/α-hetero) is 1. The molecule has 0 aliphatic rings. The minimum atomic E-state index is 0.0533. The number of rotatable bonds is 13. The Labute approximate surface area is 190 Å². The second kappa shape index (κ2) is 13.1. The highest BCUT2D eigenvalue weighted by Gasteiger charge is 2.12. The number of nitrogens with zero attached hydrogens (tertiary/aromatic N) is 2. The molecule has 2 aromatic rings. The molecule has 7 heteroatoms. The SMILES string of the molecule is CCC(/C=N/Nc1ncccc1Oc1cccc(Cl)c1C)CCC(CC)OCC(C)=O. The van der Waals surface area contributed by atoms with E-state index in [4.69, 9.17) is 21.1 Å². The number of nitrogens with one attached hydrogen (secondary N) is 1. The van der Waals surface area contributed by atoms with Crippen LogP contribution in [0.2, 0.25) is 5.02 Å². The molecular formula is C24H32ClN3O3. The number of aromatic nitrogens is 1. The first kappa shape index (κ1) is 24.8. The van der Waals surface area contributed by atoms with E-state index in [1.54, 1.807) is 13.1 Å². The molecule has 0 spiro atoms. The van der Waals surface area contributed by atoms with Crippen LogP contribution in [-0.2, 0) is 9.53 Å². The number of ether oxygens (including phenoxy) is 2. The van der Waals surface area contributed by atoms with Crippen molar-refractivity contribution < 1.29 is 14.3 Å². The lowest BCUT2D eigenvalue weighted by molar-refractivity contribution is -0.123. The van der Waals surface area contributed by atoms with Gasteiger partial charge >= 0.3 is 0 Å². The van der Waals surface area contributed by atoms with Crippen molar-refractivity contribution in [1.82, 2.24) is 4.98 Å². The van der Waals surface area contributed by atoms with Gasteiger partial charge in [0.25, 0.3) is 0 Å². The smallest absolute Gasteiger partial charge is 0.189 e. The van der Waals surface area contributed by atoms with Crippen molar-refractivity contribution in [2.45, 2.75) is 59.5 Å². The molecule has 1 aromatic heterocycles. The Kier molecular flexibility index (Phi) is 10.5. The summed E-state index contributed by atoms with van der Waals surface area (Å²) in [6, 6.07) is 9.19. The first-order valence-corrected chi connectivity index (χ1v) is 11.1. The van der Waals surface area contributed by atoms with Gasteiger partial charge in [0.05, 0.1) is 6.10 Å². The highest BCUT2D eigenvalue weighted by Crippen LogP contribution is 2.32. The van der Waals surface area contributed by atoms with Gasteiger partial charge in [-0.15, -0.1) is 0 Å². The lowest BCUT2D eigenvalue weighted by Gasteiger charge is -2.17. The van der Waals surface area contributed by atoms with Gasteiger partial charge in [-0.3, -0.25) is 10.2 Å². The van der Waals surface area contributed by atoms with E-state index in [0.29, 0.717) is 28.3 Å². The second-order valence-corrected chi connectivity index (χ2v) is 7.90. The fraction of sp³-hybridized carbons (Fsp3) is 0.458. The molecule has 168 valence electrons. The second-order valence-electron chi connectivity index (χ2n) is 7.49. The molecule has 1 N–H and O–H groups in total. The monoisotopic (exact) mass is 445 g/mol. The summed E-state index contributed by atoms with van der Waals surface area (Å²) in [5.74, 6) is 2.13. The summed E-state index contributed by atoms with van der Waals surface area (Å²) in [6.07, 6.45) is 7.35. The molecule has 0 saturated heterocycles. The summed E-state index contributed by atoms with van der Waals surface area (Å²) in [7, 11) is 0. The zero-order valence-corrected chi connectivity index (χ0v) is 19.5. The number of anilines is 1. The number of hydrazone groups is 1. The summed E-state index contributed by atoms with van der Waals surface area (Å²) in [5, 5.41) is 5.04. The molecule has 0 fully saturated rings. The van der Waals surface area contributed by atoms with Gasteiger partial charge in [0, 0.05) is 23.0 Å². The van der Waals surface area contributed by atoms with Crippen molar-refractivity contribution >= 4 is 29.4 Å². The Morgan fingerprint density at radius 3 is 2.68 bits per heavy atom. The molecule has 0 saturated carbocycles. The summed E-state index contributed by atoms with van der Waals surface area (Å²) in [5.41, 5.74) is 3.87. The molecule has 31 heavy (non-hydrogen) atoms. The third-order valence-electron chi connectivity index (χ3n) is 5.03. The summed E-state index contributed by atoms with van der Waals surface area (Å²) in [6.45, 7) is 7.84. The first-order chi connectivity index (χ1) is 14.9. The van der Waals surface area contributed by atoms with Crippen molar-refractivity contribution in [2.24, 2.45) is 11.0 Å². The fourth-order valence-electron chi connectivity index (χ4n) is 3.00. The Morgan fingerprint density at radius 2 is 1.97 bits per heavy atom. The molecule has 0 aliphatic carbocycles. The maximum Gasteiger partial charge on any atom is 0.189 e. The average Bonchev–Trinajstić information content (AvgIpc) is 2.76. The minimum absolute atomic E-state index is 0.0533. The van der Waals surface area contributed by atoms with Crippen molar-refractivity contribution in [2.75, 3.05) is 12.0 Å². The predicted octanol–water partition coefficient (Wildman–Crippen LogP) is 6.42. The van der Waals surface area contributed by atoms with Gasteiger partial charge in [-0.25, -0.2) is 4.98 Å². The topological polar surface area (TPSA) is 72.8 Å². The average molecular weight is 446 g/mol. The Morgan fingerprint density at radius 1 is 1.19 bits per heavy atom. The van der Waals surface area contributed by atoms with Crippen LogP contribution >= 0.6 is 11.6 Å². The molecule has 0 bridgehead atoms. The highest BCUT2D eigenvalue weighted by molar-refractivity contribution is 6.31. The van der Waals surface area contributed by atoms with Crippen molar-refractivity contribution in [1.29, 1.82) is 0 Å². The third kappa shape index (κ3) is 8.31. The van der Waals surface area contributed by atoms with Crippen LogP contribution in [0.4, 0.5) is 5.82 Å². The Balaban J connectivity index is 1.96. The van der Waals surface area contributed by atoms with Crippen LogP contribution in [0.3, 0.4) is 0 Å². The maximum absolute atomic E-state index is 11.1. The number of ketones is 1. The van der Waals surface area contributed by atoms with Gasteiger partial charge < -0.3 is 9.47 Å². The molecule has 2 atom stereocenters. The fourth-order valence-corrected chi connectivity index (χ4v) is 3.17. The molecule has 1 heterocycles. The normalized spacial score (nSPS) is 13.2. The van der Waals surface area contributed by atoms with E-state index in [2.05, 4.69) is 29.4 Å². The van der Waals surface area contributed by atoms with E-state index in [1.807, 2.05) is 43.5 Å². The van der Waals surface area contributed by atoms with Crippen LogP contribution in [0.5, 0.6) is 11.5 Å². The molecular weight excluding hydrogens is 414 g/mol. The zero-order valence-electron chi connectivity index (χ0n) is 18.7. The van der Waals surface area contributed by atoms with Gasteiger partial charge in [-0.05, 0) is 69.7 Å². The summed E-state index contributed by atoms with van der Waals surface area (Å²) in [4.78, 5) is 15.5. The molecule has 2 unspecified atom stereocenters. The minimum Gasteiger partial charge on any atom is -0.453 e. The van der Waals surface area contributed by atoms with Gasteiger partial charge in [-0.2, -0.15) is 5.10 Å². The molecule has 1 aromatic carbocycles. The molecule has 0 aliphatic heterocycles. The molecule has 0 amide bonds. The number of carbonyl (C=O) groups is 1. The Hall–Kier alpha value is -2.44. The van der Waals surface area contributed by atoms with Crippen molar-refractivity contribution in [3.05, 3.63) is 47.1 Å². The van der Waals surface area contributed by atoms with E-state index >= 15 is 0 Å². The third-order valence-corrected chi connectivity index (χ3v) is 5.44. The van der Waals surface area contributed by atoms with E-state index in [0.717, 1.165) is 31.2 Å². The standard InChI is InChI=1S/C24H32ClN3O3/c1-5-19(12-13-20(6-2)30-16-17(3)29)15-27-28-24-23(11-8-14-26-24)31-22-10-7-9-21(25)18(22)4/h7-11,14-15,19-20H,5-6,12-13,16H2,1-4H3,(H,26,28)/b27-15+. The van der Waals surface area contributed by atoms with E-state index in [9.17, 15) is 4.79 Å². The lowest BCUT2D eigenvalue weighted by atomic mass is 9.99. The van der Waals surface area contributed by atoms with Crippen LogP contribution in [0.25, 0.3) is 0 Å². The summed E-state index contributed by atoms with van der Waals surface area (Å²) >= 11 is 6.19. The van der Waals surface area contributed by atoms with E-state index in [-0.39, 0.29) is 18.5 Å². The molecule has 6 nitrogen and oxygen atoms in total. The van der Waals surface area contributed by atoms with Crippen LogP contribution in [0, 0.1) is 12.8 Å². The number of benzene rings is 1. The number of hydrogen-bond donors (Lipinski definition) is 1. The molecule has 2 rings (SSSR count). The predicted molar refractivity (Wildman–Crippen MR) is 126 cm³/mol. The number of carbonyl (C=O) groups excluding carboxylic acids is 1. The lowest BCUT2D eigenvalue weighted by Crippen LogP contribution is -2.18. The number of hydrogen-bond acceptors (Lipinski definition) is 6. The number of pyridine rings is 1. The molecule has 0 radical (unpaired) electrons. The van der Waals surface area contributed by atoms with E-state index < -0.39 is 0 Å². The van der Waals surface area contributed by atoms with Crippen LogP contribution in [0.1, 0.15) is 52.0 Å². The zero-order chi connectivity index (χ0) is 22.6. The van der Waals surface area contributed by atoms with E-state index in [1.165, 1.54) is 0 Å². The van der Waals surface area contributed by atoms with Crippen LogP contribution in [0.15, 0.2) is 41.6 Å². The van der Waals surface area contributed by atoms with Gasteiger partial charge in [-0.1, -0.05) is 31.5 Å². The van der Waals surface area contributed by atoms with Crippen molar-refractivity contribution in [3.63, 3.8) is 0 Å². The van der Waals surface area contributed by atoms with Crippen LogP contribution < -0.4 is 10.2 Å². The van der Waals surface area contributed by atoms with Crippen molar-refractivity contribution in [3.8, 4) is 11.5 Å². The summed E-state index contributed by atoms with van der Waals surface area (Å²) < 4.78 is 11.7. The van der Waals surface area contributed by atoms with Gasteiger partial charge in [0.1, 0.15) is 12.4 Å². The highest BCUT2D eigenvalue weighted by atomic mass is 35.5. The number of halogens is 1. The Bertz CT molecular complexity index is 873. The quantitative estimate of drug-likeness (QED) is 0.284. The first-order valence-electron chi connectivity index (χ1n) is 10.7. The van der Waals surface area contributed by atoms with Crippen LogP contribution in [-0.4, -0.2) is 29.7 Å². The van der Waals surface area contributed by atoms with Gasteiger partial charge in [0.2, 0.25) is 0 Å². The largest absolute Gasteiger partial charge is 0.453 e. The van der Waals surface area contributed by atoms with Gasteiger partial charge in [0.15, 0.2) is 17.4 Å².